The zero-order valence-corrected chi connectivity index (χ0v) is 15.7. The van der Waals surface area contributed by atoms with Crippen LogP contribution >= 0.6 is 11.3 Å². The first-order valence-corrected chi connectivity index (χ1v) is 9.06. The maximum Gasteiger partial charge on any atom is 0.280 e. The molecule has 4 heterocycles. The Hall–Kier alpha value is -3.60. The number of aromatic nitrogens is 3. The van der Waals surface area contributed by atoms with Crippen LogP contribution in [0.5, 0.6) is 0 Å². The number of thiophene rings is 1. The van der Waals surface area contributed by atoms with Crippen molar-refractivity contribution < 1.29 is 22.8 Å². The van der Waals surface area contributed by atoms with Gasteiger partial charge < -0.3 is 15.5 Å². The van der Waals surface area contributed by atoms with Gasteiger partial charge in [0, 0.05) is 24.2 Å². The molecule has 0 aromatic carbocycles. The van der Waals surface area contributed by atoms with Gasteiger partial charge in [-0.3, -0.25) is 14.3 Å². The number of carbonyl (C=O) groups is 2. The van der Waals surface area contributed by atoms with Crippen molar-refractivity contribution in [3.63, 3.8) is 0 Å². The largest absolute Gasteiger partial charge is 0.464 e. The third kappa shape index (κ3) is 3.36. The summed E-state index contributed by atoms with van der Waals surface area (Å²) in [5.74, 6) is -1.08. The molecule has 11 heteroatoms. The summed E-state index contributed by atoms with van der Waals surface area (Å²) in [5, 5.41) is 6.87. The Morgan fingerprint density at radius 1 is 1.38 bits per heavy atom. The Morgan fingerprint density at radius 2 is 2.17 bits per heavy atom. The summed E-state index contributed by atoms with van der Waals surface area (Å²) in [4.78, 5) is 28.7. The van der Waals surface area contributed by atoms with E-state index in [0.717, 1.165) is 11.3 Å². The van der Waals surface area contributed by atoms with Crippen molar-refractivity contribution in [2.75, 3.05) is 5.32 Å². The first kappa shape index (κ1) is 18.7. The van der Waals surface area contributed by atoms with Gasteiger partial charge in [-0.25, -0.2) is 13.8 Å². The Morgan fingerprint density at radius 3 is 2.76 bits per heavy atom. The highest BCUT2D eigenvalue weighted by Gasteiger charge is 2.26. The highest BCUT2D eigenvalue weighted by molar-refractivity contribution is 7.21. The van der Waals surface area contributed by atoms with E-state index in [1.807, 2.05) is 0 Å². The van der Waals surface area contributed by atoms with E-state index < -0.39 is 23.9 Å². The molecule has 3 N–H and O–H groups in total. The number of rotatable bonds is 5. The number of hydrogen-bond donors (Lipinski definition) is 2. The van der Waals surface area contributed by atoms with Gasteiger partial charge in [0.15, 0.2) is 0 Å². The van der Waals surface area contributed by atoms with Crippen molar-refractivity contribution in [3.05, 3.63) is 53.0 Å². The lowest BCUT2D eigenvalue weighted by molar-refractivity contribution is 0.100. The number of pyridine rings is 1. The molecule has 0 atom stereocenters. The normalized spacial score (nSPS) is 11.3. The van der Waals surface area contributed by atoms with Gasteiger partial charge in [-0.1, -0.05) is 0 Å². The number of fused-ring (bicyclic) bond motifs is 1. The summed E-state index contributed by atoms with van der Waals surface area (Å²) < 4.78 is 33.5. The lowest BCUT2D eigenvalue weighted by Gasteiger charge is -2.09. The predicted molar refractivity (Wildman–Crippen MR) is 102 cm³/mol. The SMILES string of the molecule is Cn1cc(C(=O)Nc2c(C(N)=O)sc3nc(C(F)F)cc(-c4ccco4)c23)cn1. The molecule has 148 valence electrons. The van der Waals surface area contributed by atoms with Crippen LogP contribution in [-0.2, 0) is 7.05 Å². The molecular formula is C18H13F2N5O3S. The summed E-state index contributed by atoms with van der Waals surface area (Å²) >= 11 is 0.821. The number of carbonyl (C=O) groups excluding carboxylic acids is 2. The van der Waals surface area contributed by atoms with Crippen LogP contribution in [0, 0.1) is 0 Å². The van der Waals surface area contributed by atoms with Crippen LogP contribution in [0.1, 0.15) is 32.1 Å². The van der Waals surface area contributed by atoms with Crippen LogP contribution in [-0.4, -0.2) is 26.6 Å². The van der Waals surface area contributed by atoms with Gasteiger partial charge in [0.1, 0.15) is 21.2 Å². The molecule has 0 spiro atoms. The molecular weight excluding hydrogens is 404 g/mol. The lowest BCUT2D eigenvalue weighted by Crippen LogP contribution is -2.16. The maximum atomic E-state index is 13.4. The third-order valence-corrected chi connectivity index (χ3v) is 5.22. The zero-order valence-electron chi connectivity index (χ0n) is 14.8. The molecule has 0 radical (unpaired) electrons. The van der Waals surface area contributed by atoms with E-state index >= 15 is 0 Å². The fourth-order valence-corrected chi connectivity index (χ4v) is 3.89. The van der Waals surface area contributed by atoms with Gasteiger partial charge in [-0.15, -0.1) is 11.3 Å². The Kier molecular flexibility index (Phi) is 4.59. The first-order chi connectivity index (χ1) is 13.8. The summed E-state index contributed by atoms with van der Waals surface area (Å²) in [7, 11) is 1.65. The maximum absolute atomic E-state index is 13.4. The molecule has 8 nitrogen and oxygen atoms in total. The minimum Gasteiger partial charge on any atom is -0.464 e. The van der Waals surface area contributed by atoms with Crippen LogP contribution < -0.4 is 11.1 Å². The molecule has 0 aliphatic heterocycles. The van der Waals surface area contributed by atoms with Crippen LogP contribution in [0.2, 0.25) is 0 Å². The van der Waals surface area contributed by atoms with E-state index in [2.05, 4.69) is 15.4 Å². The number of primary amides is 1. The number of nitrogens with one attached hydrogen (secondary N) is 1. The van der Waals surface area contributed by atoms with Gasteiger partial charge in [-0.2, -0.15) is 5.10 Å². The number of hydrogen-bond acceptors (Lipinski definition) is 6. The van der Waals surface area contributed by atoms with E-state index in [9.17, 15) is 18.4 Å². The Bertz CT molecular complexity index is 1230. The number of furan rings is 1. The smallest absolute Gasteiger partial charge is 0.280 e. The van der Waals surface area contributed by atoms with Crippen molar-refractivity contribution in [3.8, 4) is 11.3 Å². The van der Waals surface area contributed by atoms with Crippen LogP contribution in [0.4, 0.5) is 14.5 Å². The molecule has 4 rings (SSSR count). The molecule has 0 aliphatic carbocycles. The quantitative estimate of drug-likeness (QED) is 0.515. The summed E-state index contributed by atoms with van der Waals surface area (Å²) in [5.41, 5.74) is 5.59. The Balaban J connectivity index is 1.95. The summed E-state index contributed by atoms with van der Waals surface area (Å²) in [6.07, 6.45) is 1.41. The number of anilines is 1. The predicted octanol–water partition coefficient (Wildman–Crippen LogP) is 3.58. The molecule has 4 aromatic heterocycles. The molecule has 0 saturated heterocycles. The van der Waals surface area contributed by atoms with Gasteiger partial charge in [0.25, 0.3) is 18.2 Å². The van der Waals surface area contributed by atoms with Crippen LogP contribution in [0.15, 0.2) is 41.3 Å². The molecule has 0 unspecified atom stereocenters. The topological polar surface area (TPSA) is 116 Å². The van der Waals surface area contributed by atoms with E-state index in [1.54, 1.807) is 19.2 Å². The number of amides is 2. The average Bonchev–Trinajstić information content (AvgIpc) is 3.40. The molecule has 29 heavy (non-hydrogen) atoms. The molecule has 4 aromatic rings. The van der Waals surface area contributed by atoms with E-state index in [1.165, 1.54) is 29.4 Å². The summed E-state index contributed by atoms with van der Waals surface area (Å²) in [6.45, 7) is 0. The van der Waals surface area contributed by atoms with Gasteiger partial charge in [0.2, 0.25) is 0 Å². The average molecular weight is 417 g/mol. The van der Waals surface area contributed by atoms with E-state index in [4.69, 9.17) is 10.2 Å². The first-order valence-electron chi connectivity index (χ1n) is 8.24. The molecule has 2 amide bonds. The lowest BCUT2D eigenvalue weighted by atomic mass is 10.1. The molecule has 0 saturated carbocycles. The highest BCUT2D eigenvalue weighted by atomic mass is 32.1. The standard InChI is InChI=1S/C18H13F2N5O3S/c1-25-7-8(6-22-25)17(27)24-13-12-9(11-3-2-4-28-11)5-10(15(19)20)23-18(12)29-14(13)16(21)26/h2-7,15H,1H3,(H2,21,26)(H,24,27). The van der Waals surface area contributed by atoms with Gasteiger partial charge in [-0.05, 0) is 18.2 Å². The molecule has 0 bridgehead atoms. The number of aryl methyl sites for hydroxylation is 1. The Labute approximate surface area is 165 Å². The van der Waals surface area contributed by atoms with Crippen LogP contribution in [0.25, 0.3) is 21.5 Å². The summed E-state index contributed by atoms with van der Waals surface area (Å²) in [6, 6.07) is 4.35. The van der Waals surface area contributed by atoms with Crippen LogP contribution in [0.3, 0.4) is 0 Å². The highest BCUT2D eigenvalue weighted by Crippen LogP contribution is 2.42. The second-order valence-corrected chi connectivity index (χ2v) is 7.08. The van der Waals surface area contributed by atoms with Crippen molar-refractivity contribution in [1.82, 2.24) is 14.8 Å². The fraction of sp³-hybridized carbons (Fsp3) is 0.111. The third-order valence-electron chi connectivity index (χ3n) is 4.12. The number of alkyl halides is 2. The van der Waals surface area contributed by atoms with Crippen molar-refractivity contribution in [2.24, 2.45) is 12.8 Å². The number of nitrogens with two attached hydrogens (primary N) is 1. The van der Waals surface area contributed by atoms with Gasteiger partial charge >= 0.3 is 0 Å². The second kappa shape index (κ2) is 7.09. The monoisotopic (exact) mass is 417 g/mol. The van der Waals surface area contributed by atoms with Crippen molar-refractivity contribution in [1.29, 1.82) is 0 Å². The minimum atomic E-state index is -2.83. The molecule has 0 fully saturated rings. The number of halogens is 2. The second-order valence-electron chi connectivity index (χ2n) is 6.08. The zero-order chi connectivity index (χ0) is 20.7. The van der Waals surface area contributed by atoms with E-state index in [0.29, 0.717) is 5.39 Å². The minimum absolute atomic E-state index is 0.0102. The van der Waals surface area contributed by atoms with E-state index in [-0.39, 0.29) is 32.3 Å². The number of nitrogens with zero attached hydrogens (tertiary/aromatic N) is 3. The van der Waals surface area contributed by atoms with Gasteiger partial charge in [0.05, 0.1) is 23.7 Å². The van der Waals surface area contributed by atoms with Crippen molar-refractivity contribution >= 4 is 39.1 Å². The molecule has 0 aliphatic rings. The van der Waals surface area contributed by atoms with Crippen molar-refractivity contribution in [2.45, 2.75) is 6.43 Å². The fourth-order valence-electron chi connectivity index (χ4n) is 2.87.